The molecule has 1 heterocycles. The van der Waals surface area contributed by atoms with E-state index in [0.717, 1.165) is 0 Å². The van der Waals surface area contributed by atoms with Crippen molar-refractivity contribution in [3.8, 4) is 0 Å². The van der Waals surface area contributed by atoms with Crippen LogP contribution < -0.4 is 5.32 Å². The number of allylic oxidation sites excluding steroid dienone is 1. The summed E-state index contributed by atoms with van der Waals surface area (Å²) >= 11 is 7.18. The van der Waals surface area contributed by atoms with Gasteiger partial charge in [0.25, 0.3) is 5.69 Å². The van der Waals surface area contributed by atoms with E-state index in [0.29, 0.717) is 27.9 Å². The van der Waals surface area contributed by atoms with Crippen molar-refractivity contribution < 1.29 is 24.0 Å². The fraction of sp³-hybridized carbons (Fsp3) is 0.400. The Labute approximate surface area is 183 Å². The average Bonchev–Trinajstić information content (AvgIpc) is 2.71. The van der Waals surface area contributed by atoms with E-state index in [1.807, 2.05) is 0 Å². The molecule has 0 spiro atoms. The lowest BCUT2D eigenvalue weighted by atomic mass is 9.80. The predicted octanol–water partition coefficient (Wildman–Crippen LogP) is 3.87. The lowest BCUT2D eigenvalue weighted by molar-refractivity contribution is -0.384. The Bertz CT molecular complexity index is 899. The second-order valence-electron chi connectivity index (χ2n) is 6.24. The monoisotopic (exact) mass is 454 g/mol. The number of nitrogens with one attached hydrogen (secondary N) is 1. The number of carbonyl (C=O) groups is 2. The number of non-ortho nitro benzene ring substituents is 1. The van der Waals surface area contributed by atoms with Crippen LogP contribution in [-0.2, 0) is 19.1 Å². The first-order valence-corrected chi connectivity index (χ1v) is 11.0. The SMILES string of the molecule is CCOC(=O)C1=C(C)NC(CSCCl)=C(C(=O)OCC)C1c1cccc([N+](=O)[O-])c1. The molecule has 1 N–H and O–H groups in total. The number of alkyl halides is 1. The second kappa shape index (κ2) is 11.0. The van der Waals surface area contributed by atoms with Crippen molar-refractivity contribution in [3.63, 3.8) is 0 Å². The lowest BCUT2D eigenvalue weighted by Gasteiger charge is -2.31. The molecule has 0 aliphatic carbocycles. The summed E-state index contributed by atoms with van der Waals surface area (Å²) in [5.41, 5.74) is 1.74. The minimum atomic E-state index is -0.879. The van der Waals surface area contributed by atoms with Crippen molar-refractivity contribution in [1.29, 1.82) is 0 Å². The maximum absolute atomic E-state index is 12.9. The van der Waals surface area contributed by atoms with E-state index < -0.39 is 22.8 Å². The van der Waals surface area contributed by atoms with Gasteiger partial charge in [0.05, 0.1) is 40.4 Å². The molecule has 0 bridgehead atoms. The average molecular weight is 455 g/mol. The zero-order valence-corrected chi connectivity index (χ0v) is 18.5. The van der Waals surface area contributed by atoms with E-state index in [9.17, 15) is 19.7 Å². The molecule has 1 unspecified atom stereocenters. The maximum Gasteiger partial charge on any atom is 0.336 e. The number of esters is 2. The van der Waals surface area contributed by atoms with E-state index >= 15 is 0 Å². The Balaban J connectivity index is 2.73. The molecular formula is C20H23ClN2O6S. The quantitative estimate of drug-likeness (QED) is 0.259. The molecular weight excluding hydrogens is 432 g/mol. The number of thioether (sulfide) groups is 1. The molecule has 0 fully saturated rings. The molecule has 2 rings (SSSR count). The minimum Gasteiger partial charge on any atom is -0.463 e. The number of hydrogen-bond donors (Lipinski definition) is 1. The van der Waals surface area contributed by atoms with Gasteiger partial charge in [-0.1, -0.05) is 12.1 Å². The van der Waals surface area contributed by atoms with Crippen molar-refractivity contribution in [3.05, 3.63) is 62.5 Å². The molecule has 0 radical (unpaired) electrons. The van der Waals surface area contributed by atoms with Gasteiger partial charge in [-0.3, -0.25) is 10.1 Å². The molecule has 10 heteroatoms. The second-order valence-corrected chi connectivity index (χ2v) is 7.81. The van der Waals surface area contributed by atoms with Crippen molar-refractivity contribution in [2.45, 2.75) is 26.7 Å². The van der Waals surface area contributed by atoms with Crippen molar-refractivity contribution >= 4 is 41.0 Å². The minimum absolute atomic E-state index is 0.136. The molecule has 0 saturated carbocycles. The summed E-state index contributed by atoms with van der Waals surface area (Å²) in [7, 11) is 0. The number of halogens is 1. The fourth-order valence-corrected chi connectivity index (χ4v) is 3.97. The van der Waals surface area contributed by atoms with E-state index in [1.54, 1.807) is 26.8 Å². The van der Waals surface area contributed by atoms with Crippen LogP contribution in [-0.4, -0.2) is 41.0 Å². The highest BCUT2D eigenvalue weighted by atomic mass is 35.5. The molecule has 0 amide bonds. The molecule has 0 aromatic heterocycles. The molecule has 1 atom stereocenters. The molecule has 1 aromatic rings. The molecule has 1 aliphatic rings. The van der Waals surface area contributed by atoms with Gasteiger partial charge in [0, 0.05) is 29.3 Å². The highest BCUT2D eigenvalue weighted by molar-refractivity contribution is 8.00. The smallest absolute Gasteiger partial charge is 0.336 e. The third-order valence-corrected chi connectivity index (χ3v) is 5.48. The number of rotatable bonds is 9. The third kappa shape index (κ3) is 5.34. The molecule has 0 saturated heterocycles. The van der Waals surface area contributed by atoms with Gasteiger partial charge in [-0.15, -0.1) is 23.4 Å². The molecule has 8 nitrogen and oxygen atoms in total. The van der Waals surface area contributed by atoms with Gasteiger partial charge in [0.2, 0.25) is 0 Å². The number of carbonyl (C=O) groups excluding carboxylic acids is 2. The summed E-state index contributed by atoms with van der Waals surface area (Å²) < 4.78 is 10.5. The number of nitrogens with zero attached hydrogens (tertiary/aromatic N) is 1. The maximum atomic E-state index is 12.9. The van der Waals surface area contributed by atoms with Crippen LogP contribution in [0.2, 0.25) is 0 Å². The van der Waals surface area contributed by atoms with Crippen LogP contribution in [0.15, 0.2) is 46.8 Å². The fourth-order valence-electron chi connectivity index (χ4n) is 3.23. The highest BCUT2D eigenvalue weighted by Crippen LogP contribution is 2.40. The van der Waals surface area contributed by atoms with Gasteiger partial charge in [0.1, 0.15) is 0 Å². The van der Waals surface area contributed by atoms with Crippen LogP contribution in [0.1, 0.15) is 32.3 Å². The number of nitro benzene ring substituents is 1. The van der Waals surface area contributed by atoms with Gasteiger partial charge in [-0.25, -0.2) is 9.59 Å². The van der Waals surface area contributed by atoms with E-state index in [4.69, 9.17) is 21.1 Å². The number of ether oxygens (including phenoxy) is 2. The van der Waals surface area contributed by atoms with Crippen LogP contribution in [0.25, 0.3) is 0 Å². The van der Waals surface area contributed by atoms with Gasteiger partial charge >= 0.3 is 11.9 Å². The van der Waals surface area contributed by atoms with Crippen LogP contribution >= 0.6 is 23.4 Å². The third-order valence-electron chi connectivity index (χ3n) is 4.37. The van der Waals surface area contributed by atoms with Crippen LogP contribution in [0.5, 0.6) is 0 Å². The number of nitro groups is 1. The summed E-state index contributed by atoms with van der Waals surface area (Å²) in [5, 5.41) is 14.7. The Hall–Kier alpha value is -2.52. The molecule has 1 aliphatic heterocycles. The Kier molecular flexibility index (Phi) is 8.73. The summed E-state index contributed by atoms with van der Waals surface area (Å²) in [6, 6.07) is 5.86. The largest absolute Gasteiger partial charge is 0.463 e. The molecule has 1 aromatic carbocycles. The predicted molar refractivity (Wildman–Crippen MR) is 115 cm³/mol. The van der Waals surface area contributed by atoms with Crippen LogP contribution in [0.4, 0.5) is 5.69 Å². The van der Waals surface area contributed by atoms with Crippen LogP contribution in [0, 0.1) is 10.1 Å². The summed E-state index contributed by atoms with van der Waals surface area (Å²) in [5.74, 6) is -1.72. The van der Waals surface area contributed by atoms with E-state index in [2.05, 4.69) is 5.32 Å². The van der Waals surface area contributed by atoms with Crippen LogP contribution in [0.3, 0.4) is 0 Å². The first-order chi connectivity index (χ1) is 14.3. The van der Waals surface area contributed by atoms with Gasteiger partial charge in [-0.05, 0) is 26.3 Å². The summed E-state index contributed by atoms with van der Waals surface area (Å²) in [6.07, 6.45) is 0. The molecule has 162 valence electrons. The number of dihydropyridines is 1. The summed E-state index contributed by atoms with van der Waals surface area (Å²) in [4.78, 5) is 36.5. The lowest BCUT2D eigenvalue weighted by Crippen LogP contribution is -2.34. The Morgan fingerprint density at radius 1 is 1.20 bits per heavy atom. The Morgan fingerprint density at radius 3 is 2.40 bits per heavy atom. The summed E-state index contributed by atoms with van der Waals surface area (Å²) in [6.45, 7) is 5.33. The van der Waals surface area contributed by atoms with Crippen molar-refractivity contribution in [2.75, 3.05) is 24.2 Å². The number of hydrogen-bond acceptors (Lipinski definition) is 8. The van der Waals surface area contributed by atoms with Gasteiger partial charge < -0.3 is 14.8 Å². The van der Waals surface area contributed by atoms with E-state index in [-0.39, 0.29) is 30.0 Å². The van der Waals surface area contributed by atoms with Crippen molar-refractivity contribution in [1.82, 2.24) is 5.32 Å². The normalized spacial score (nSPS) is 16.2. The van der Waals surface area contributed by atoms with Gasteiger partial charge in [0.15, 0.2) is 0 Å². The molecule has 30 heavy (non-hydrogen) atoms. The zero-order valence-electron chi connectivity index (χ0n) is 16.9. The highest BCUT2D eigenvalue weighted by Gasteiger charge is 2.39. The van der Waals surface area contributed by atoms with Crippen molar-refractivity contribution in [2.24, 2.45) is 0 Å². The number of benzene rings is 1. The first kappa shape index (κ1) is 23.8. The Morgan fingerprint density at radius 2 is 1.83 bits per heavy atom. The van der Waals surface area contributed by atoms with E-state index in [1.165, 1.54) is 30.0 Å². The van der Waals surface area contributed by atoms with Gasteiger partial charge in [-0.2, -0.15) is 0 Å². The topological polar surface area (TPSA) is 108 Å². The zero-order chi connectivity index (χ0) is 22.3. The standard InChI is InChI=1S/C20H23ClN2O6S/c1-4-28-19(24)16-12(3)22-15(10-30-11-21)18(20(25)29-5-2)17(16)13-7-6-8-14(9-13)23(26)27/h6-9,17,22H,4-5,10-11H2,1-3H3. The first-order valence-electron chi connectivity index (χ1n) is 9.28.